The predicted octanol–water partition coefficient (Wildman–Crippen LogP) is 2.10. The summed E-state index contributed by atoms with van der Waals surface area (Å²) >= 11 is 0. The standard InChI is InChI=1S/C14H32N2O/c1-6-13(7-2)10-16(9-4)11-14(5,12-17)15-8-3/h13,15,17H,6-12H2,1-5H3. The Morgan fingerprint density at radius 2 is 1.76 bits per heavy atom. The van der Waals surface area contributed by atoms with E-state index in [1.807, 2.05) is 0 Å². The fourth-order valence-electron chi connectivity index (χ4n) is 2.30. The molecule has 0 fully saturated rings. The van der Waals surface area contributed by atoms with E-state index in [0.29, 0.717) is 0 Å². The first-order valence-corrected chi connectivity index (χ1v) is 7.13. The van der Waals surface area contributed by atoms with E-state index in [-0.39, 0.29) is 12.1 Å². The molecule has 0 amide bonds. The van der Waals surface area contributed by atoms with Crippen molar-refractivity contribution in [2.24, 2.45) is 5.92 Å². The Morgan fingerprint density at radius 3 is 2.12 bits per heavy atom. The van der Waals surface area contributed by atoms with Crippen molar-refractivity contribution in [3.05, 3.63) is 0 Å². The van der Waals surface area contributed by atoms with Gasteiger partial charge in [-0.2, -0.15) is 0 Å². The largest absolute Gasteiger partial charge is 0.394 e. The summed E-state index contributed by atoms with van der Waals surface area (Å²) in [6.45, 7) is 15.1. The van der Waals surface area contributed by atoms with Gasteiger partial charge in [-0.15, -0.1) is 0 Å². The third kappa shape index (κ3) is 6.39. The summed E-state index contributed by atoms with van der Waals surface area (Å²) in [5, 5.41) is 12.9. The number of hydrogen-bond acceptors (Lipinski definition) is 3. The molecule has 0 aromatic rings. The maximum absolute atomic E-state index is 9.52. The average molecular weight is 244 g/mol. The molecule has 0 saturated carbocycles. The van der Waals surface area contributed by atoms with Crippen LogP contribution >= 0.6 is 0 Å². The average Bonchev–Trinajstić information content (AvgIpc) is 2.34. The van der Waals surface area contributed by atoms with Gasteiger partial charge < -0.3 is 15.3 Å². The summed E-state index contributed by atoms with van der Waals surface area (Å²) in [6, 6.07) is 0. The molecule has 0 aromatic carbocycles. The van der Waals surface area contributed by atoms with Crippen molar-refractivity contribution in [3.8, 4) is 0 Å². The number of nitrogens with one attached hydrogen (secondary N) is 1. The van der Waals surface area contributed by atoms with Crippen LogP contribution in [0.25, 0.3) is 0 Å². The van der Waals surface area contributed by atoms with E-state index in [9.17, 15) is 5.11 Å². The van der Waals surface area contributed by atoms with Crippen LogP contribution in [0.5, 0.6) is 0 Å². The van der Waals surface area contributed by atoms with E-state index in [0.717, 1.165) is 32.1 Å². The van der Waals surface area contributed by atoms with Gasteiger partial charge in [0.15, 0.2) is 0 Å². The van der Waals surface area contributed by atoms with Gasteiger partial charge >= 0.3 is 0 Å². The molecule has 0 aliphatic heterocycles. The highest BCUT2D eigenvalue weighted by molar-refractivity contribution is 4.86. The normalized spacial score (nSPS) is 15.5. The summed E-state index contributed by atoms with van der Waals surface area (Å²) in [4.78, 5) is 2.45. The zero-order chi connectivity index (χ0) is 13.3. The van der Waals surface area contributed by atoms with Crippen LogP contribution in [0.15, 0.2) is 0 Å². The highest BCUT2D eigenvalue weighted by Crippen LogP contribution is 2.13. The minimum absolute atomic E-state index is 0.170. The second kappa shape index (κ2) is 8.90. The topological polar surface area (TPSA) is 35.5 Å². The van der Waals surface area contributed by atoms with Gasteiger partial charge in [-0.1, -0.05) is 40.5 Å². The first-order valence-electron chi connectivity index (χ1n) is 7.13. The van der Waals surface area contributed by atoms with E-state index in [4.69, 9.17) is 0 Å². The quantitative estimate of drug-likeness (QED) is 0.618. The lowest BCUT2D eigenvalue weighted by Gasteiger charge is -2.36. The highest BCUT2D eigenvalue weighted by Gasteiger charge is 2.25. The first kappa shape index (κ1) is 16.9. The van der Waals surface area contributed by atoms with Crippen molar-refractivity contribution >= 4 is 0 Å². The second-order valence-corrected chi connectivity index (χ2v) is 5.26. The molecular weight excluding hydrogens is 212 g/mol. The summed E-state index contributed by atoms with van der Waals surface area (Å²) in [6.07, 6.45) is 2.48. The van der Waals surface area contributed by atoms with Gasteiger partial charge in [0.25, 0.3) is 0 Å². The lowest BCUT2D eigenvalue weighted by molar-refractivity contribution is 0.113. The van der Waals surface area contributed by atoms with E-state index >= 15 is 0 Å². The highest BCUT2D eigenvalue weighted by atomic mass is 16.3. The van der Waals surface area contributed by atoms with Crippen molar-refractivity contribution in [2.45, 2.75) is 53.0 Å². The number of hydrogen-bond donors (Lipinski definition) is 2. The molecular formula is C14H32N2O. The van der Waals surface area contributed by atoms with Gasteiger partial charge in [-0.05, 0) is 25.9 Å². The zero-order valence-corrected chi connectivity index (χ0v) is 12.4. The Kier molecular flexibility index (Phi) is 8.83. The van der Waals surface area contributed by atoms with Gasteiger partial charge in [-0.3, -0.25) is 0 Å². The maximum atomic E-state index is 9.52. The van der Waals surface area contributed by atoms with Gasteiger partial charge in [-0.25, -0.2) is 0 Å². The monoisotopic (exact) mass is 244 g/mol. The Hall–Kier alpha value is -0.120. The summed E-state index contributed by atoms with van der Waals surface area (Å²) in [7, 11) is 0. The van der Waals surface area contributed by atoms with Crippen LogP contribution in [-0.4, -0.2) is 48.3 Å². The molecule has 0 aromatic heterocycles. The van der Waals surface area contributed by atoms with Crippen LogP contribution in [0.3, 0.4) is 0 Å². The molecule has 1 unspecified atom stereocenters. The Bertz CT molecular complexity index is 183. The van der Waals surface area contributed by atoms with Crippen molar-refractivity contribution < 1.29 is 5.11 Å². The van der Waals surface area contributed by atoms with Crippen LogP contribution in [0, 0.1) is 5.92 Å². The molecule has 0 spiro atoms. The molecule has 2 N–H and O–H groups in total. The fraction of sp³-hybridized carbons (Fsp3) is 1.00. The van der Waals surface area contributed by atoms with Crippen molar-refractivity contribution in [2.75, 3.05) is 32.8 Å². The van der Waals surface area contributed by atoms with E-state index < -0.39 is 0 Å². The lowest BCUT2D eigenvalue weighted by Crippen LogP contribution is -2.54. The Morgan fingerprint density at radius 1 is 1.18 bits per heavy atom. The molecule has 1 atom stereocenters. The van der Waals surface area contributed by atoms with Crippen LogP contribution < -0.4 is 5.32 Å². The molecule has 0 saturated heterocycles. The van der Waals surface area contributed by atoms with Gasteiger partial charge in [0, 0.05) is 13.1 Å². The van der Waals surface area contributed by atoms with Crippen LogP contribution in [-0.2, 0) is 0 Å². The minimum atomic E-state index is -0.170. The molecule has 0 rings (SSSR count). The number of likely N-dealkylation sites (N-methyl/N-ethyl adjacent to an activating group) is 2. The summed E-state index contributed by atoms with van der Waals surface area (Å²) in [5.74, 6) is 0.777. The Labute approximate surface area is 108 Å². The molecule has 0 bridgehead atoms. The second-order valence-electron chi connectivity index (χ2n) is 5.26. The van der Waals surface area contributed by atoms with Crippen LogP contribution in [0.1, 0.15) is 47.5 Å². The molecule has 0 radical (unpaired) electrons. The summed E-state index contributed by atoms with van der Waals surface area (Å²) < 4.78 is 0. The van der Waals surface area contributed by atoms with Crippen LogP contribution in [0.4, 0.5) is 0 Å². The number of rotatable bonds is 10. The molecule has 0 aliphatic rings. The van der Waals surface area contributed by atoms with Gasteiger partial charge in [0.05, 0.1) is 12.1 Å². The number of aliphatic hydroxyl groups excluding tert-OH is 1. The lowest BCUT2D eigenvalue weighted by atomic mass is 9.99. The van der Waals surface area contributed by atoms with E-state index in [1.54, 1.807) is 0 Å². The number of aliphatic hydroxyl groups is 1. The first-order chi connectivity index (χ1) is 8.05. The third-order valence-corrected chi connectivity index (χ3v) is 3.64. The van der Waals surface area contributed by atoms with Crippen molar-refractivity contribution in [1.82, 2.24) is 10.2 Å². The molecule has 3 heteroatoms. The molecule has 17 heavy (non-hydrogen) atoms. The smallest absolute Gasteiger partial charge is 0.0623 e. The van der Waals surface area contributed by atoms with E-state index in [2.05, 4.69) is 44.8 Å². The fourth-order valence-corrected chi connectivity index (χ4v) is 2.30. The minimum Gasteiger partial charge on any atom is -0.394 e. The predicted molar refractivity (Wildman–Crippen MR) is 75.4 cm³/mol. The summed E-state index contributed by atoms with van der Waals surface area (Å²) in [5.41, 5.74) is -0.170. The van der Waals surface area contributed by atoms with Gasteiger partial charge in [0.1, 0.15) is 0 Å². The van der Waals surface area contributed by atoms with Crippen LogP contribution in [0.2, 0.25) is 0 Å². The molecule has 104 valence electrons. The maximum Gasteiger partial charge on any atom is 0.0623 e. The molecule has 0 heterocycles. The third-order valence-electron chi connectivity index (χ3n) is 3.64. The SMILES string of the molecule is CCNC(C)(CO)CN(CC)CC(CC)CC. The Balaban J connectivity index is 4.35. The van der Waals surface area contributed by atoms with E-state index in [1.165, 1.54) is 12.8 Å². The van der Waals surface area contributed by atoms with Crippen molar-refractivity contribution in [1.29, 1.82) is 0 Å². The number of nitrogens with zero attached hydrogens (tertiary/aromatic N) is 1. The van der Waals surface area contributed by atoms with Crippen molar-refractivity contribution in [3.63, 3.8) is 0 Å². The molecule has 3 nitrogen and oxygen atoms in total. The zero-order valence-electron chi connectivity index (χ0n) is 12.4. The van der Waals surface area contributed by atoms with Gasteiger partial charge in [0.2, 0.25) is 0 Å². The molecule has 0 aliphatic carbocycles.